The lowest BCUT2D eigenvalue weighted by molar-refractivity contribution is -0.195. The summed E-state index contributed by atoms with van der Waals surface area (Å²) in [6.07, 6.45) is 0.957. The van der Waals surface area contributed by atoms with Gasteiger partial charge in [-0.05, 0) is 54.9 Å². The minimum Gasteiger partial charge on any atom is -0.368 e. The first-order valence-corrected chi connectivity index (χ1v) is 9.82. The molecular weight excluding hydrogens is 317 g/mol. The highest BCUT2D eigenvalue weighted by molar-refractivity contribution is 8.18. The Balaban J connectivity index is 1.73. The van der Waals surface area contributed by atoms with Crippen LogP contribution in [0.1, 0.15) is 39.0 Å². The average Bonchev–Trinajstić information content (AvgIpc) is 2.78. The van der Waals surface area contributed by atoms with Crippen molar-refractivity contribution in [3.63, 3.8) is 0 Å². The summed E-state index contributed by atoms with van der Waals surface area (Å²) in [4.78, 5) is 0. The number of alkyl halides is 3. The van der Waals surface area contributed by atoms with Crippen LogP contribution in [0.5, 0.6) is 0 Å². The molecule has 3 fully saturated rings. The van der Waals surface area contributed by atoms with Gasteiger partial charge in [0.25, 0.3) is 0 Å². The van der Waals surface area contributed by atoms with Crippen LogP contribution in [-0.4, -0.2) is 34.5 Å². The summed E-state index contributed by atoms with van der Waals surface area (Å²) in [5.41, 5.74) is 0. The van der Waals surface area contributed by atoms with Crippen LogP contribution in [0.2, 0.25) is 0 Å². The summed E-state index contributed by atoms with van der Waals surface area (Å²) < 4.78 is 43.1. The molecule has 1 aliphatic heterocycles. The molecule has 3 aliphatic rings. The van der Waals surface area contributed by atoms with Gasteiger partial charge in [-0.3, -0.25) is 0 Å². The Kier molecular flexibility index (Phi) is 4.78. The molecule has 0 aromatic heterocycles. The Morgan fingerprint density at radius 2 is 1.81 bits per heavy atom. The summed E-state index contributed by atoms with van der Waals surface area (Å²) in [6.45, 7) is 1.18. The highest BCUT2D eigenvalue weighted by Gasteiger charge is 2.52. The lowest BCUT2D eigenvalue weighted by atomic mass is 9.76. The fraction of sp³-hybridized carbons (Fsp3) is 1.00. The summed E-state index contributed by atoms with van der Waals surface area (Å²) in [5.74, 6) is 3.81. The summed E-state index contributed by atoms with van der Waals surface area (Å²) in [5, 5.41) is 0. The van der Waals surface area contributed by atoms with Crippen molar-refractivity contribution >= 4 is 23.5 Å². The number of hydrogen-bond acceptors (Lipinski definition) is 3. The topological polar surface area (TPSA) is 9.23 Å². The zero-order valence-corrected chi connectivity index (χ0v) is 14.0. The minimum atomic E-state index is -4.21. The maximum Gasteiger partial charge on any atom is 0.411 e. The molecule has 6 heteroatoms. The largest absolute Gasteiger partial charge is 0.411 e. The lowest BCUT2D eigenvalue weighted by Gasteiger charge is -2.48. The van der Waals surface area contributed by atoms with Crippen LogP contribution in [0.25, 0.3) is 0 Å². The molecule has 0 radical (unpaired) electrons. The van der Waals surface area contributed by atoms with Crippen molar-refractivity contribution < 1.29 is 17.9 Å². The molecule has 0 N–H and O–H groups in total. The average molecular weight is 340 g/mol. The quantitative estimate of drug-likeness (QED) is 0.703. The van der Waals surface area contributed by atoms with Gasteiger partial charge in [-0.2, -0.15) is 13.2 Å². The van der Waals surface area contributed by atoms with Gasteiger partial charge in [-0.15, -0.1) is 23.5 Å². The Morgan fingerprint density at radius 3 is 2.48 bits per heavy atom. The number of thioether (sulfide) groups is 2. The van der Waals surface area contributed by atoms with Crippen LogP contribution in [0.4, 0.5) is 13.2 Å². The highest BCUT2D eigenvalue weighted by Crippen LogP contribution is 2.59. The van der Waals surface area contributed by atoms with Crippen LogP contribution in [-0.2, 0) is 4.74 Å². The van der Waals surface area contributed by atoms with Crippen molar-refractivity contribution in [2.75, 3.05) is 18.1 Å². The molecule has 1 heterocycles. The van der Waals surface area contributed by atoms with Gasteiger partial charge in [-0.1, -0.05) is 13.3 Å². The SMILES string of the molecule is C[C@H]1CC[C@H]2[C@H]1CC1(C[C@@H]2OCC(F)(F)F)SCCCS1. The van der Waals surface area contributed by atoms with Gasteiger partial charge in [0, 0.05) is 0 Å². The van der Waals surface area contributed by atoms with Crippen molar-refractivity contribution in [3.05, 3.63) is 0 Å². The fourth-order valence-corrected chi connectivity index (χ4v) is 7.78. The van der Waals surface area contributed by atoms with Gasteiger partial charge in [0.2, 0.25) is 0 Å². The number of fused-ring (bicyclic) bond motifs is 1. The third-order valence-electron chi connectivity index (χ3n) is 5.25. The normalized spacial score (nSPS) is 39.4. The van der Waals surface area contributed by atoms with E-state index in [0.717, 1.165) is 30.8 Å². The molecule has 1 saturated heterocycles. The van der Waals surface area contributed by atoms with E-state index in [1.165, 1.54) is 12.8 Å². The molecule has 2 aliphatic carbocycles. The monoisotopic (exact) mass is 340 g/mol. The van der Waals surface area contributed by atoms with Crippen molar-refractivity contribution in [3.8, 4) is 0 Å². The Morgan fingerprint density at radius 1 is 1.10 bits per heavy atom. The minimum absolute atomic E-state index is 0.119. The van der Waals surface area contributed by atoms with E-state index >= 15 is 0 Å². The van der Waals surface area contributed by atoms with Crippen LogP contribution in [0, 0.1) is 17.8 Å². The van der Waals surface area contributed by atoms with Gasteiger partial charge < -0.3 is 4.74 Å². The van der Waals surface area contributed by atoms with Crippen LogP contribution in [0.15, 0.2) is 0 Å². The predicted octanol–water partition coefficient (Wildman–Crippen LogP) is 4.96. The molecule has 0 amide bonds. The van der Waals surface area contributed by atoms with Gasteiger partial charge in [0.15, 0.2) is 0 Å². The van der Waals surface area contributed by atoms with Gasteiger partial charge >= 0.3 is 6.18 Å². The zero-order valence-electron chi connectivity index (χ0n) is 12.3. The van der Waals surface area contributed by atoms with E-state index in [0.29, 0.717) is 17.8 Å². The second-order valence-electron chi connectivity index (χ2n) is 6.72. The second kappa shape index (κ2) is 6.16. The highest BCUT2D eigenvalue weighted by atomic mass is 32.2. The molecule has 0 aromatic carbocycles. The maximum absolute atomic E-state index is 12.5. The van der Waals surface area contributed by atoms with Crippen LogP contribution in [0.3, 0.4) is 0 Å². The van der Waals surface area contributed by atoms with Crippen molar-refractivity contribution in [2.45, 2.75) is 55.4 Å². The van der Waals surface area contributed by atoms with E-state index in [-0.39, 0.29) is 10.2 Å². The van der Waals surface area contributed by atoms with E-state index in [1.54, 1.807) is 0 Å². The molecule has 0 unspecified atom stereocenters. The smallest absolute Gasteiger partial charge is 0.368 e. The molecule has 3 rings (SSSR count). The third kappa shape index (κ3) is 3.69. The first kappa shape index (κ1) is 16.3. The predicted molar refractivity (Wildman–Crippen MR) is 82.7 cm³/mol. The third-order valence-corrected chi connectivity index (χ3v) is 8.66. The molecule has 1 spiro atoms. The van der Waals surface area contributed by atoms with E-state index in [9.17, 15) is 13.2 Å². The van der Waals surface area contributed by atoms with Crippen LogP contribution < -0.4 is 0 Å². The van der Waals surface area contributed by atoms with Gasteiger partial charge in [0.1, 0.15) is 6.61 Å². The molecular formula is C15H23F3OS2. The maximum atomic E-state index is 12.5. The summed E-state index contributed by atoms with van der Waals surface area (Å²) in [6, 6.07) is 0. The first-order valence-electron chi connectivity index (χ1n) is 7.85. The zero-order chi connectivity index (χ0) is 15.1. The van der Waals surface area contributed by atoms with Crippen LogP contribution >= 0.6 is 23.5 Å². The van der Waals surface area contributed by atoms with E-state index in [2.05, 4.69) is 6.92 Å². The van der Waals surface area contributed by atoms with E-state index < -0.39 is 12.8 Å². The molecule has 21 heavy (non-hydrogen) atoms. The van der Waals surface area contributed by atoms with Gasteiger partial charge in [0.05, 0.1) is 10.2 Å². The Labute approximate surface area is 133 Å². The number of hydrogen-bond donors (Lipinski definition) is 0. The van der Waals surface area contributed by atoms with E-state index in [4.69, 9.17) is 4.74 Å². The number of halogens is 3. The fourth-order valence-electron chi connectivity index (χ4n) is 4.26. The Bertz CT molecular complexity index is 368. The summed E-state index contributed by atoms with van der Waals surface area (Å²) in [7, 11) is 0. The molecule has 0 bridgehead atoms. The van der Waals surface area contributed by atoms with Crippen molar-refractivity contribution in [1.82, 2.24) is 0 Å². The molecule has 2 saturated carbocycles. The Hall–Kier alpha value is 0.450. The molecule has 122 valence electrons. The van der Waals surface area contributed by atoms with Gasteiger partial charge in [-0.25, -0.2) is 0 Å². The summed E-state index contributed by atoms with van der Waals surface area (Å²) >= 11 is 3.95. The van der Waals surface area contributed by atoms with Crippen molar-refractivity contribution in [2.24, 2.45) is 17.8 Å². The van der Waals surface area contributed by atoms with Crippen molar-refractivity contribution in [1.29, 1.82) is 0 Å². The van der Waals surface area contributed by atoms with E-state index in [1.807, 2.05) is 23.5 Å². The molecule has 1 nitrogen and oxygen atoms in total. The first-order chi connectivity index (χ1) is 9.89. The molecule has 0 aromatic rings. The number of rotatable bonds is 2. The number of ether oxygens (including phenoxy) is 1. The second-order valence-corrected chi connectivity index (χ2v) is 9.93. The lowest BCUT2D eigenvalue weighted by Crippen LogP contribution is -2.46. The molecule has 4 atom stereocenters. The standard InChI is InChI=1S/C15H23F3OS2/c1-10-3-4-11-12(10)7-14(20-5-2-6-21-14)8-13(11)19-9-15(16,17)18/h10-13H,2-9H2,1H3/t10-,11-,12-,13-/m0/s1.